The third-order valence-corrected chi connectivity index (χ3v) is 7.04. The zero-order valence-electron chi connectivity index (χ0n) is 19.7. The number of ketones is 1. The number of nitrogens with zero attached hydrogens (tertiary/aromatic N) is 1. The van der Waals surface area contributed by atoms with E-state index in [1.54, 1.807) is 14.2 Å². The molecule has 0 aliphatic carbocycles. The van der Waals surface area contributed by atoms with E-state index in [1.807, 2.05) is 19.9 Å². The smallest absolute Gasteiger partial charge is 0.209 e. The fourth-order valence-electron chi connectivity index (χ4n) is 5.13. The molecule has 4 rings (SSSR count). The summed E-state index contributed by atoms with van der Waals surface area (Å²) >= 11 is 0. The number of carbonyl (C=O) groups excluding carboxylic acids is 1. The molecule has 0 atom stereocenters. The highest BCUT2D eigenvalue weighted by Gasteiger charge is 2.43. The van der Waals surface area contributed by atoms with Crippen LogP contribution in [0.2, 0.25) is 0 Å². The third-order valence-electron chi connectivity index (χ3n) is 7.04. The van der Waals surface area contributed by atoms with E-state index in [0.29, 0.717) is 5.92 Å². The molecular weight excluding hydrogens is 390 g/mol. The number of carbonyl (C=O) groups is 1. The Labute approximate surface area is 185 Å². The molecule has 0 bridgehead atoms. The lowest BCUT2D eigenvalue weighted by molar-refractivity contribution is 0.0683. The molecule has 2 heterocycles. The van der Waals surface area contributed by atoms with Crippen LogP contribution >= 0.6 is 0 Å². The lowest BCUT2D eigenvalue weighted by atomic mass is 9.87. The number of ether oxygens (including phenoxy) is 3. The maximum Gasteiger partial charge on any atom is 0.209 e. The summed E-state index contributed by atoms with van der Waals surface area (Å²) in [6, 6.07) is 6.25. The molecule has 1 saturated heterocycles. The maximum absolute atomic E-state index is 13.0. The molecule has 5 heteroatoms. The van der Waals surface area contributed by atoms with Gasteiger partial charge in [-0.3, -0.25) is 4.79 Å². The summed E-state index contributed by atoms with van der Waals surface area (Å²) in [6.07, 6.45) is 2.11. The van der Waals surface area contributed by atoms with E-state index in [4.69, 9.17) is 14.2 Å². The van der Waals surface area contributed by atoms with Crippen LogP contribution < -0.4 is 19.1 Å². The van der Waals surface area contributed by atoms with Gasteiger partial charge in [0.2, 0.25) is 5.78 Å². The topological polar surface area (TPSA) is 48.0 Å². The van der Waals surface area contributed by atoms with Crippen molar-refractivity contribution in [3.8, 4) is 17.2 Å². The van der Waals surface area contributed by atoms with Crippen LogP contribution in [0.1, 0.15) is 65.2 Å². The summed E-state index contributed by atoms with van der Waals surface area (Å²) in [7, 11) is 3.34. The minimum atomic E-state index is -0.788. The van der Waals surface area contributed by atoms with E-state index in [2.05, 4.69) is 37.8 Å². The van der Waals surface area contributed by atoms with Gasteiger partial charge in [-0.2, -0.15) is 0 Å². The Hall–Kier alpha value is -2.69. The van der Waals surface area contributed by atoms with Crippen molar-refractivity contribution in [2.75, 3.05) is 32.2 Å². The zero-order valence-corrected chi connectivity index (χ0v) is 19.7. The van der Waals surface area contributed by atoms with Gasteiger partial charge in [0, 0.05) is 18.8 Å². The zero-order chi connectivity index (χ0) is 22.5. The van der Waals surface area contributed by atoms with E-state index in [1.165, 1.54) is 16.8 Å². The number of hydrogen-bond acceptors (Lipinski definition) is 5. The van der Waals surface area contributed by atoms with Gasteiger partial charge in [0.05, 0.1) is 19.8 Å². The van der Waals surface area contributed by atoms with E-state index >= 15 is 0 Å². The van der Waals surface area contributed by atoms with Gasteiger partial charge in [0.25, 0.3) is 0 Å². The summed E-state index contributed by atoms with van der Waals surface area (Å²) in [4.78, 5) is 15.5. The Balaban J connectivity index is 1.60. The van der Waals surface area contributed by atoms with Crippen LogP contribution in [0, 0.1) is 20.8 Å². The van der Waals surface area contributed by atoms with Crippen LogP contribution in [-0.4, -0.2) is 38.7 Å². The van der Waals surface area contributed by atoms with Crippen LogP contribution in [0.3, 0.4) is 0 Å². The standard InChI is InChI=1S/C26H33NO4/c1-15-16(2)24-22(25(28)26(4,5)31-24)17(3)23(15)27-12-10-18(11-13-27)19-8-9-20(29-6)21(14-19)30-7/h8-9,14,18H,10-13H2,1-7H3. The number of piperidine rings is 1. The van der Waals surface area contributed by atoms with Crippen LogP contribution in [0.5, 0.6) is 17.2 Å². The molecule has 0 amide bonds. The molecule has 0 saturated carbocycles. The Morgan fingerprint density at radius 1 is 0.968 bits per heavy atom. The molecule has 2 aliphatic heterocycles. The molecular formula is C26H33NO4. The first kappa shape index (κ1) is 21.5. The molecule has 2 aromatic carbocycles. The lowest BCUT2D eigenvalue weighted by Gasteiger charge is -2.36. The van der Waals surface area contributed by atoms with Crippen molar-refractivity contribution < 1.29 is 19.0 Å². The number of methoxy groups -OCH3 is 2. The highest BCUT2D eigenvalue weighted by Crippen LogP contribution is 2.46. The Kier molecular flexibility index (Phi) is 5.40. The minimum absolute atomic E-state index is 0.0876. The highest BCUT2D eigenvalue weighted by molar-refractivity contribution is 6.09. The van der Waals surface area contributed by atoms with E-state index < -0.39 is 5.60 Å². The average Bonchev–Trinajstić information content (AvgIpc) is 3.01. The lowest BCUT2D eigenvalue weighted by Crippen LogP contribution is -2.34. The SMILES string of the molecule is COc1ccc(C2CCN(c3c(C)c(C)c4c(c3C)C(=O)C(C)(C)O4)CC2)cc1OC. The summed E-state index contributed by atoms with van der Waals surface area (Å²) in [5, 5.41) is 0. The van der Waals surface area contributed by atoms with Crippen molar-refractivity contribution in [1.29, 1.82) is 0 Å². The largest absolute Gasteiger partial charge is 0.493 e. The molecule has 0 radical (unpaired) electrons. The molecule has 1 fully saturated rings. The molecule has 2 aliphatic rings. The summed E-state index contributed by atoms with van der Waals surface area (Å²) in [5.74, 6) is 2.89. The van der Waals surface area contributed by atoms with Crippen LogP contribution in [0.4, 0.5) is 5.69 Å². The molecule has 5 nitrogen and oxygen atoms in total. The average molecular weight is 424 g/mol. The fraction of sp³-hybridized carbons (Fsp3) is 0.500. The number of anilines is 1. The normalized spacial score (nSPS) is 18.0. The van der Waals surface area contributed by atoms with Gasteiger partial charge in [-0.15, -0.1) is 0 Å². The first-order valence-corrected chi connectivity index (χ1v) is 11.0. The Morgan fingerprint density at radius 2 is 1.61 bits per heavy atom. The van der Waals surface area contributed by atoms with Gasteiger partial charge in [-0.05, 0) is 87.8 Å². The van der Waals surface area contributed by atoms with E-state index in [-0.39, 0.29) is 5.78 Å². The fourth-order valence-corrected chi connectivity index (χ4v) is 5.13. The molecule has 0 N–H and O–H groups in total. The summed E-state index contributed by atoms with van der Waals surface area (Å²) < 4.78 is 16.9. The van der Waals surface area contributed by atoms with Crippen molar-refractivity contribution in [2.24, 2.45) is 0 Å². The molecule has 0 aromatic heterocycles. The van der Waals surface area contributed by atoms with E-state index in [9.17, 15) is 4.79 Å². The maximum atomic E-state index is 13.0. The second-order valence-corrected chi connectivity index (χ2v) is 9.24. The van der Waals surface area contributed by atoms with Gasteiger partial charge in [0.1, 0.15) is 5.75 Å². The monoisotopic (exact) mass is 423 g/mol. The quantitative estimate of drug-likeness (QED) is 0.662. The second-order valence-electron chi connectivity index (χ2n) is 9.24. The van der Waals surface area contributed by atoms with Gasteiger partial charge >= 0.3 is 0 Å². The predicted molar refractivity (Wildman–Crippen MR) is 123 cm³/mol. The Morgan fingerprint density at radius 3 is 2.23 bits per heavy atom. The Bertz CT molecular complexity index is 1030. The number of rotatable bonds is 4. The van der Waals surface area contributed by atoms with Crippen molar-refractivity contribution in [3.05, 3.63) is 46.0 Å². The first-order chi connectivity index (χ1) is 14.7. The van der Waals surface area contributed by atoms with Crippen LogP contribution in [-0.2, 0) is 0 Å². The van der Waals surface area contributed by atoms with Crippen molar-refractivity contribution in [2.45, 2.75) is 59.0 Å². The van der Waals surface area contributed by atoms with Crippen LogP contribution in [0.15, 0.2) is 18.2 Å². The second kappa shape index (κ2) is 7.77. The summed E-state index contributed by atoms with van der Waals surface area (Å²) in [5.41, 5.74) is 5.83. The van der Waals surface area contributed by atoms with Gasteiger partial charge < -0.3 is 19.1 Å². The molecule has 0 unspecified atom stereocenters. The number of hydrogen-bond donors (Lipinski definition) is 0. The van der Waals surface area contributed by atoms with Crippen LogP contribution in [0.25, 0.3) is 0 Å². The number of benzene rings is 2. The number of Topliss-reactive ketones (excluding diaryl/α,β-unsaturated/α-hetero) is 1. The van der Waals surface area contributed by atoms with Gasteiger partial charge in [0.15, 0.2) is 17.1 Å². The predicted octanol–water partition coefficient (Wildman–Crippen LogP) is 5.37. The molecule has 0 spiro atoms. The van der Waals surface area contributed by atoms with Gasteiger partial charge in [-0.1, -0.05) is 6.07 Å². The van der Waals surface area contributed by atoms with Crippen molar-refractivity contribution in [1.82, 2.24) is 0 Å². The number of fused-ring (bicyclic) bond motifs is 1. The first-order valence-electron chi connectivity index (χ1n) is 11.0. The summed E-state index contributed by atoms with van der Waals surface area (Å²) in [6.45, 7) is 11.9. The third kappa shape index (κ3) is 3.44. The minimum Gasteiger partial charge on any atom is -0.493 e. The van der Waals surface area contributed by atoms with E-state index in [0.717, 1.165) is 59.9 Å². The van der Waals surface area contributed by atoms with Gasteiger partial charge in [-0.25, -0.2) is 0 Å². The van der Waals surface area contributed by atoms with Crippen molar-refractivity contribution >= 4 is 11.5 Å². The molecule has 166 valence electrons. The highest BCUT2D eigenvalue weighted by atomic mass is 16.5. The molecule has 31 heavy (non-hydrogen) atoms. The van der Waals surface area contributed by atoms with Crippen molar-refractivity contribution in [3.63, 3.8) is 0 Å². The molecule has 2 aromatic rings.